The second-order valence-electron chi connectivity index (χ2n) is 4.84. The maximum atomic E-state index is 11.2. The number of aryl methyl sites for hydroxylation is 1. The predicted octanol–water partition coefficient (Wildman–Crippen LogP) is 2.55. The van der Waals surface area contributed by atoms with Crippen LogP contribution in [0.3, 0.4) is 0 Å². The van der Waals surface area contributed by atoms with E-state index in [1.54, 1.807) is 0 Å². The van der Waals surface area contributed by atoms with Crippen molar-refractivity contribution in [2.75, 3.05) is 7.05 Å². The first-order valence-corrected chi connectivity index (χ1v) is 5.92. The third-order valence-corrected chi connectivity index (χ3v) is 3.40. The van der Waals surface area contributed by atoms with Crippen molar-refractivity contribution in [1.29, 1.82) is 0 Å². The minimum Gasteiger partial charge on any atom is -0.300 e. The molecule has 0 radical (unpaired) electrons. The van der Waals surface area contributed by atoms with Crippen LogP contribution in [-0.4, -0.2) is 23.8 Å². The first-order chi connectivity index (χ1) is 7.65. The summed E-state index contributed by atoms with van der Waals surface area (Å²) in [6, 6.07) is 9.07. The fourth-order valence-corrected chi connectivity index (χ4v) is 2.28. The van der Waals surface area contributed by atoms with Gasteiger partial charge in [-0.2, -0.15) is 0 Å². The second-order valence-corrected chi connectivity index (χ2v) is 4.84. The molecule has 0 spiro atoms. The standard InChI is InChI=1S/C14H19NO/c1-11-3-5-12(6-4-11)10-15(2)13-7-8-14(16)9-13/h3-6,13H,7-10H2,1-2H3. The summed E-state index contributed by atoms with van der Waals surface area (Å²) < 4.78 is 0. The molecule has 1 aliphatic carbocycles. The summed E-state index contributed by atoms with van der Waals surface area (Å²) in [5.41, 5.74) is 2.62. The molecular formula is C14H19NO. The van der Waals surface area contributed by atoms with Crippen LogP contribution in [-0.2, 0) is 11.3 Å². The van der Waals surface area contributed by atoms with E-state index in [1.165, 1.54) is 11.1 Å². The van der Waals surface area contributed by atoms with Crippen LogP contribution in [0.15, 0.2) is 24.3 Å². The summed E-state index contributed by atoms with van der Waals surface area (Å²) in [5, 5.41) is 0. The van der Waals surface area contributed by atoms with Crippen molar-refractivity contribution < 1.29 is 4.79 Å². The maximum absolute atomic E-state index is 11.2. The number of nitrogens with zero attached hydrogens (tertiary/aromatic N) is 1. The summed E-state index contributed by atoms with van der Waals surface area (Å²) in [6.45, 7) is 3.04. The Morgan fingerprint density at radius 2 is 2.00 bits per heavy atom. The SMILES string of the molecule is Cc1ccc(CN(C)C2CCC(=O)C2)cc1. The van der Waals surface area contributed by atoms with Gasteiger partial charge in [-0.1, -0.05) is 29.8 Å². The van der Waals surface area contributed by atoms with Gasteiger partial charge >= 0.3 is 0 Å². The Morgan fingerprint density at radius 3 is 2.56 bits per heavy atom. The topological polar surface area (TPSA) is 20.3 Å². The van der Waals surface area contributed by atoms with Crippen LogP contribution in [0, 0.1) is 6.92 Å². The molecule has 0 aromatic heterocycles. The second kappa shape index (κ2) is 4.79. The predicted molar refractivity (Wildman–Crippen MR) is 65.3 cm³/mol. The van der Waals surface area contributed by atoms with Gasteiger partial charge in [-0.15, -0.1) is 0 Å². The Kier molecular flexibility index (Phi) is 3.39. The lowest BCUT2D eigenvalue weighted by atomic mass is 10.1. The molecule has 86 valence electrons. The molecule has 0 heterocycles. The fraction of sp³-hybridized carbons (Fsp3) is 0.500. The molecule has 1 unspecified atom stereocenters. The molecule has 0 saturated heterocycles. The van der Waals surface area contributed by atoms with Crippen molar-refractivity contribution in [2.24, 2.45) is 0 Å². The zero-order valence-electron chi connectivity index (χ0n) is 10.1. The van der Waals surface area contributed by atoms with E-state index < -0.39 is 0 Å². The van der Waals surface area contributed by atoms with Crippen LogP contribution in [0.1, 0.15) is 30.4 Å². The first-order valence-electron chi connectivity index (χ1n) is 5.92. The Morgan fingerprint density at radius 1 is 1.31 bits per heavy atom. The largest absolute Gasteiger partial charge is 0.300 e. The Bertz CT molecular complexity index is 369. The summed E-state index contributed by atoms with van der Waals surface area (Å²) in [7, 11) is 2.11. The first kappa shape index (κ1) is 11.3. The van der Waals surface area contributed by atoms with Crippen molar-refractivity contribution in [2.45, 2.75) is 38.8 Å². The Hall–Kier alpha value is -1.15. The zero-order chi connectivity index (χ0) is 11.5. The molecule has 1 atom stereocenters. The number of rotatable bonds is 3. The van der Waals surface area contributed by atoms with Gasteiger partial charge < -0.3 is 0 Å². The molecular weight excluding hydrogens is 198 g/mol. The maximum Gasteiger partial charge on any atom is 0.134 e. The minimum atomic E-state index is 0.417. The van der Waals surface area contributed by atoms with E-state index in [1.807, 2.05) is 0 Å². The number of hydrogen-bond acceptors (Lipinski definition) is 2. The van der Waals surface area contributed by atoms with Crippen LogP contribution in [0.4, 0.5) is 0 Å². The van der Waals surface area contributed by atoms with Crippen LogP contribution in [0.2, 0.25) is 0 Å². The fourth-order valence-electron chi connectivity index (χ4n) is 2.28. The van der Waals surface area contributed by atoms with E-state index in [2.05, 4.69) is 43.1 Å². The number of Topliss-reactive ketones (excluding diaryl/α,β-unsaturated/α-hetero) is 1. The monoisotopic (exact) mass is 217 g/mol. The summed E-state index contributed by atoms with van der Waals surface area (Å²) in [4.78, 5) is 13.5. The molecule has 0 bridgehead atoms. The number of hydrogen-bond donors (Lipinski definition) is 0. The lowest BCUT2D eigenvalue weighted by molar-refractivity contribution is -0.117. The molecule has 1 saturated carbocycles. The van der Waals surface area contributed by atoms with Gasteiger partial charge in [0.15, 0.2) is 0 Å². The number of benzene rings is 1. The van der Waals surface area contributed by atoms with Crippen LogP contribution in [0.25, 0.3) is 0 Å². The normalized spacial score (nSPS) is 20.7. The third kappa shape index (κ3) is 2.70. The number of carbonyl (C=O) groups excluding carboxylic acids is 1. The highest BCUT2D eigenvalue weighted by atomic mass is 16.1. The number of ketones is 1. The van der Waals surface area contributed by atoms with Crippen molar-refractivity contribution >= 4 is 5.78 Å². The molecule has 1 aliphatic rings. The van der Waals surface area contributed by atoms with Crippen molar-refractivity contribution in [1.82, 2.24) is 4.90 Å². The molecule has 0 amide bonds. The summed E-state index contributed by atoms with van der Waals surface area (Å²) >= 11 is 0. The van der Waals surface area contributed by atoms with Gasteiger partial charge in [0.25, 0.3) is 0 Å². The smallest absolute Gasteiger partial charge is 0.134 e. The van der Waals surface area contributed by atoms with E-state index >= 15 is 0 Å². The van der Waals surface area contributed by atoms with E-state index in [4.69, 9.17) is 0 Å². The summed E-state index contributed by atoms with van der Waals surface area (Å²) in [5.74, 6) is 0.417. The van der Waals surface area contributed by atoms with E-state index in [0.29, 0.717) is 11.8 Å². The zero-order valence-corrected chi connectivity index (χ0v) is 10.1. The van der Waals surface area contributed by atoms with Gasteiger partial charge in [-0.25, -0.2) is 0 Å². The quantitative estimate of drug-likeness (QED) is 0.775. The highest BCUT2D eigenvalue weighted by Crippen LogP contribution is 2.21. The van der Waals surface area contributed by atoms with Gasteiger partial charge in [0.1, 0.15) is 5.78 Å². The molecule has 0 aliphatic heterocycles. The molecule has 2 heteroatoms. The highest BCUT2D eigenvalue weighted by Gasteiger charge is 2.25. The van der Waals surface area contributed by atoms with Gasteiger partial charge in [-0.3, -0.25) is 9.69 Å². The lowest BCUT2D eigenvalue weighted by Crippen LogP contribution is -2.29. The third-order valence-electron chi connectivity index (χ3n) is 3.40. The molecule has 2 rings (SSSR count). The van der Waals surface area contributed by atoms with Gasteiger partial charge in [-0.05, 0) is 26.0 Å². The van der Waals surface area contributed by atoms with Gasteiger partial charge in [0.2, 0.25) is 0 Å². The lowest BCUT2D eigenvalue weighted by Gasteiger charge is -2.23. The van der Waals surface area contributed by atoms with Crippen molar-refractivity contribution in [3.8, 4) is 0 Å². The van der Waals surface area contributed by atoms with E-state index in [0.717, 1.165) is 25.8 Å². The number of carbonyl (C=O) groups is 1. The molecule has 1 aromatic rings. The highest BCUT2D eigenvalue weighted by molar-refractivity contribution is 5.81. The Balaban J connectivity index is 1.94. The van der Waals surface area contributed by atoms with Gasteiger partial charge in [0, 0.05) is 25.4 Å². The Labute approximate surface area is 97.3 Å². The molecule has 0 N–H and O–H groups in total. The van der Waals surface area contributed by atoms with Gasteiger partial charge in [0.05, 0.1) is 0 Å². The average Bonchev–Trinajstić information content (AvgIpc) is 2.68. The molecule has 1 aromatic carbocycles. The van der Waals surface area contributed by atoms with Crippen molar-refractivity contribution in [3.05, 3.63) is 35.4 Å². The van der Waals surface area contributed by atoms with Crippen LogP contribution in [0.5, 0.6) is 0 Å². The van der Waals surface area contributed by atoms with Crippen molar-refractivity contribution in [3.63, 3.8) is 0 Å². The van der Waals surface area contributed by atoms with E-state index in [-0.39, 0.29) is 0 Å². The average molecular weight is 217 g/mol. The molecule has 1 fully saturated rings. The van der Waals surface area contributed by atoms with E-state index in [9.17, 15) is 4.79 Å². The summed E-state index contributed by atoms with van der Waals surface area (Å²) in [6.07, 6.45) is 2.53. The molecule has 16 heavy (non-hydrogen) atoms. The minimum absolute atomic E-state index is 0.417. The van der Waals surface area contributed by atoms with Crippen LogP contribution < -0.4 is 0 Å². The molecule has 2 nitrogen and oxygen atoms in total. The van der Waals surface area contributed by atoms with Crippen LogP contribution >= 0.6 is 0 Å².